The number of hydrogen-bond donors (Lipinski definition) is 1. The van der Waals surface area contributed by atoms with E-state index in [1.807, 2.05) is 24.3 Å². The highest BCUT2D eigenvalue weighted by Gasteiger charge is 2.14. The molecule has 0 fully saturated rings. The third-order valence-corrected chi connectivity index (χ3v) is 3.90. The van der Waals surface area contributed by atoms with Crippen LogP contribution in [0.4, 0.5) is 5.69 Å². The lowest BCUT2D eigenvalue weighted by molar-refractivity contribution is -0.384. The maximum absolute atomic E-state index is 12.0. The molecule has 3 aromatic rings. The van der Waals surface area contributed by atoms with Gasteiger partial charge >= 0.3 is 5.91 Å². The molecule has 7 nitrogen and oxygen atoms in total. The fourth-order valence-electron chi connectivity index (χ4n) is 2.03. The van der Waals surface area contributed by atoms with Crippen LogP contribution < -0.4 is 5.43 Å². The molecule has 24 heavy (non-hydrogen) atoms. The fraction of sp³-hybridized carbons (Fsp3) is 0. The van der Waals surface area contributed by atoms with Gasteiger partial charge in [-0.05, 0) is 52.4 Å². The summed E-state index contributed by atoms with van der Waals surface area (Å²) in [4.78, 5) is 22.3. The lowest BCUT2D eigenvalue weighted by atomic mass is 10.2. The average Bonchev–Trinajstić information content (AvgIpc) is 2.99. The summed E-state index contributed by atoms with van der Waals surface area (Å²) in [5, 5.41) is 15.1. The molecule has 0 aliphatic heterocycles. The van der Waals surface area contributed by atoms with Gasteiger partial charge in [-0.2, -0.15) is 5.10 Å². The SMILES string of the molecule is O=C(N/N=C\c1ccc(I)cc1)c1cc2cc([N+](=O)[O-])ccc2o1. The van der Waals surface area contributed by atoms with E-state index in [1.165, 1.54) is 30.5 Å². The number of fused-ring (bicyclic) bond motifs is 1. The number of nitrogens with zero attached hydrogens (tertiary/aromatic N) is 2. The Balaban J connectivity index is 1.73. The summed E-state index contributed by atoms with van der Waals surface area (Å²) >= 11 is 2.20. The van der Waals surface area contributed by atoms with Crippen molar-refractivity contribution in [3.05, 3.63) is 73.5 Å². The van der Waals surface area contributed by atoms with Crippen LogP contribution in [0.1, 0.15) is 16.1 Å². The van der Waals surface area contributed by atoms with Crippen molar-refractivity contribution in [3.63, 3.8) is 0 Å². The lowest BCUT2D eigenvalue weighted by Crippen LogP contribution is -2.16. The first-order valence-electron chi connectivity index (χ1n) is 6.80. The number of nitro benzene ring substituents is 1. The Hall–Kier alpha value is -2.75. The Morgan fingerprint density at radius 2 is 1.96 bits per heavy atom. The molecule has 0 bridgehead atoms. The first-order chi connectivity index (χ1) is 11.5. The zero-order valence-corrected chi connectivity index (χ0v) is 14.3. The van der Waals surface area contributed by atoms with Crippen molar-refractivity contribution in [2.45, 2.75) is 0 Å². The molecule has 0 radical (unpaired) electrons. The first kappa shape index (κ1) is 16.1. The first-order valence-corrected chi connectivity index (χ1v) is 7.88. The van der Waals surface area contributed by atoms with Gasteiger partial charge in [-0.1, -0.05) is 12.1 Å². The number of hydrogen-bond acceptors (Lipinski definition) is 5. The highest BCUT2D eigenvalue weighted by molar-refractivity contribution is 14.1. The summed E-state index contributed by atoms with van der Waals surface area (Å²) in [7, 11) is 0. The van der Waals surface area contributed by atoms with Crippen molar-refractivity contribution < 1.29 is 14.1 Å². The lowest BCUT2D eigenvalue weighted by Gasteiger charge is -1.96. The van der Waals surface area contributed by atoms with Gasteiger partial charge in [-0.25, -0.2) is 5.43 Å². The molecule has 0 atom stereocenters. The van der Waals surface area contributed by atoms with E-state index >= 15 is 0 Å². The van der Waals surface area contributed by atoms with Crippen molar-refractivity contribution in [1.29, 1.82) is 0 Å². The van der Waals surface area contributed by atoms with Crippen LogP contribution in [-0.4, -0.2) is 17.0 Å². The molecule has 0 saturated carbocycles. The molecule has 0 unspecified atom stereocenters. The van der Waals surface area contributed by atoms with Crippen LogP contribution in [0.2, 0.25) is 0 Å². The molecule has 1 aromatic heterocycles. The summed E-state index contributed by atoms with van der Waals surface area (Å²) in [6, 6.07) is 13.2. The van der Waals surface area contributed by atoms with Crippen LogP contribution in [0.3, 0.4) is 0 Å². The van der Waals surface area contributed by atoms with Crippen molar-refractivity contribution >= 4 is 51.4 Å². The van der Waals surface area contributed by atoms with Gasteiger partial charge in [-0.3, -0.25) is 14.9 Å². The van der Waals surface area contributed by atoms with Crippen molar-refractivity contribution in [3.8, 4) is 0 Å². The molecule has 120 valence electrons. The molecule has 1 heterocycles. The van der Waals surface area contributed by atoms with E-state index in [9.17, 15) is 14.9 Å². The van der Waals surface area contributed by atoms with E-state index in [-0.39, 0.29) is 11.4 Å². The highest BCUT2D eigenvalue weighted by atomic mass is 127. The predicted octanol–water partition coefficient (Wildman–Crippen LogP) is 3.71. The second-order valence-corrected chi connectivity index (χ2v) is 6.09. The second kappa shape index (κ2) is 6.79. The van der Waals surface area contributed by atoms with Gasteiger partial charge in [0, 0.05) is 21.1 Å². The van der Waals surface area contributed by atoms with Crippen LogP contribution in [0, 0.1) is 13.7 Å². The van der Waals surface area contributed by atoms with E-state index in [0.717, 1.165) is 9.13 Å². The van der Waals surface area contributed by atoms with Crippen LogP contribution in [0.15, 0.2) is 58.0 Å². The number of nitrogens with one attached hydrogen (secondary N) is 1. The Kier molecular flexibility index (Phi) is 4.56. The molecule has 8 heteroatoms. The number of benzene rings is 2. The Morgan fingerprint density at radius 1 is 1.21 bits per heavy atom. The van der Waals surface area contributed by atoms with Gasteiger partial charge < -0.3 is 4.42 Å². The monoisotopic (exact) mass is 435 g/mol. The maximum Gasteiger partial charge on any atom is 0.307 e. The topological polar surface area (TPSA) is 97.7 Å². The molecule has 3 rings (SSSR count). The number of amides is 1. The Labute approximate surface area is 149 Å². The van der Waals surface area contributed by atoms with Gasteiger partial charge in [0.1, 0.15) is 5.58 Å². The highest BCUT2D eigenvalue weighted by Crippen LogP contribution is 2.24. The average molecular weight is 435 g/mol. The molecule has 1 amide bonds. The standard InChI is InChI=1S/C16H10IN3O4/c17-12-3-1-10(2-4-12)9-18-19-16(21)15-8-11-7-13(20(22)23)5-6-14(11)24-15/h1-9H,(H,19,21)/b18-9-. The molecular weight excluding hydrogens is 425 g/mol. The van der Waals surface area contributed by atoms with Gasteiger partial charge in [0.25, 0.3) is 5.69 Å². The number of carbonyl (C=O) groups is 1. The van der Waals surface area contributed by atoms with Crippen LogP contribution in [-0.2, 0) is 0 Å². The minimum atomic E-state index is -0.532. The zero-order chi connectivity index (χ0) is 17.1. The molecule has 2 aromatic carbocycles. The fourth-order valence-corrected chi connectivity index (χ4v) is 2.39. The van der Waals surface area contributed by atoms with E-state index in [4.69, 9.17) is 4.42 Å². The molecular formula is C16H10IN3O4. The smallest absolute Gasteiger partial charge is 0.307 e. The van der Waals surface area contributed by atoms with E-state index < -0.39 is 10.8 Å². The summed E-state index contributed by atoms with van der Waals surface area (Å²) < 4.78 is 6.48. The number of halogens is 1. The molecule has 0 aliphatic carbocycles. The van der Waals surface area contributed by atoms with Gasteiger partial charge in [0.2, 0.25) is 0 Å². The van der Waals surface area contributed by atoms with Crippen molar-refractivity contribution in [2.75, 3.05) is 0 Å². The van der Waals surface area contributed by atoms with Crippen molar-refractivity contribution in [1.82, 2.24) is 5.43 Å². The van der Waals surface area contributed by atoms with Gasteiger partial charge in [0.05, 0.1) is 11.1 Å². The number of rotatable bonds is 4. The Morgan fingerprint density at radius 3 is 2.67 bits per heavy atom. The van der Waals surface area contributed by atoms with Crippen LogP contribution in [0.5, 0.6) is 0 Å². The van der Waals surface area contributed by atoms with Gasteiger partial charge in [0.15, 0.2) is 5.76 Å². The van der Waals surface area contributed by atoms with Crippen LogP contribution >= 0.6 is 22.6 Å². The predicted molar refractivity (Wildman–Crippen MR) is 97.1 cm³/mol. The minimum Gasteiger partial charge on any atom is -0.451 e. The molecule has 0 spiro atoms. The third kappa shape index (κ3) is 3.59. The number of nitro groups is 1. The van der Waals surface area contributed by atoms with E-state index in [1.54, 1.807) is 0 Å². The third-order valence-electron chi connectivity index (χ3n) is 3.18. The summed E-state index contributed by atoms with van der Waals surface area (Å²) in [5.41, 5.74) is 3.54. The number of carbonyl (C=O) groups excluding carboxylic acids is 1. The number of non-ortho nitro benzene ring substituents is 1. The minimum absolute atomic E-state index is 0.0326. The summed E-state index contributed by atoms with van der Waals surface area (Å²) in [5.74, 6) is -0.499. The zero-order valence-electron chi connectivity index (χ0n) is 12.1. The summed E-state index contributed by atoms with van der Waals surface area (Å²) in [6.45, 7) is 0. The van der Waals surface area contributed by atoms with Crippen LogP contribution in [0.25, 0.3) is 11.0 Å². The Bertz CT molecular complexity index is 948. The van der Waals surface area contributed by atoms with Crippen molar-refractivity contribution in [2.24, 2.45) is 5.10 Å². The quantitative estimate of drug-likeness (QED) is 0.293. The molecule has 1 N–H and O–H groups in total. The largest absolute Gasteiger partial charge is 0.451 e. The normalized spacial score (nSPS) is 11.0. The number of furan rings is 1. The second-order valence-electron chi connectivity index (χ2n) is 4.84. The van der Waals surface area contributed by atoms with Gasteiger partial charge in [-0.15, -0.1) is 0 Å². The number of hydrazone groups is 1. The maximum atomic E-state index is 12.0. The molecule has 0 saturated heterocycles. The van der Waals surface area contributed by atoms with E-state index in [0.29, 0.717) is 11.0 Å². The van der Waals surface area contributed by atoms with E-state index in [2.05, 4.69) is 33.1 Å². The summed E-state index contributed by atoms with van der Waals surface area (Å²) in [6.07, 6.45) is 1.52. The molecule has 0 aliphatic rings.